The van der Waals surface area contributed by atoms with Crippen LogP contribution in [-0.2, 0) is 16.6 Å². The molecule has 2 rings (SSSR count). The summed E-state index contributed by atoms with van der Waals surface area (Å²) in [4.78, 5) is 0. The van der Waals surface area contributed by atoms with E-state index in [1.807, 2.05) is 0 Å². The van der Waals surface area contributed by atoms with Gasteiger partial charge >= 0.3 is 0 Å². The van der Waals surface area contributed by atoms with Crippen LogP contribution in [0.3, 0.4) is 0 Å². The zero-order valence-electron chi connectivity index (χ0n) is 10.0. The van der Waals surface area contributed by atoms with Gasteiger partial charge in [-0.05, 0) is 36.9 Å². The molecule has 0 aliphatic carbocycles. The van der Waals surface area contributed by atoms with E-state index < -0.39 is 0 Å². The van der Waals surface area contributed by atoms with E-state index >= 15 is 0 Å². The average molecular weight is 219 g/mol. The second-order valence-corrected chi connectivity index (χ2v) is 4.72. The largest absolute Gasteiger partial charge is 0.379 e. The zero-order valence-corrected chi connectivity index (χ0v) is 10.0. The predicted molar refractivity (Wildman–Crippen MR) is 66.6 cm³/mol. The molecule has 0 atom stereocenters. The van der Waals surface area contributed by atoms with Crippen molar-refractivity contribution in [3.05, 3.63) is 35.4 Å². The summed E-state index contributed by atoms with van der Waals surface area (Å²) in [6, 6.07) is 8.99. The Kier molecular flexibility index (Phi) is 3.62. The molecule has 2 heteroatoms. The van der Waals surface area contributed by atoms with E-state index in [2.05, 4.69) is 31.2 Å². The van der Waals surface area contributed by atoms with Gasteiger partial charge in [0, 0.05) is 5.41 Å². The summed E-state index contributed by atoms with van der Waals surface area (Å²) in [6.07, 6.45) is 3.33. The Labute approximate surface area is 97.8 Å². The standard InChI is InChI=1S/C14H21NO/c1-2-12-4-6-13(7-5-12)14(8-3-9-15)10-16-11-14/h4-7H,2-3,8-11,15H2,1H3. The summed E-state index contributed by atoms with van der Waals surface area (Å²) in [7, 11) is 0. The topological polar surface area (TPSA) is 35.2 Å². The summed E-state index contributed by atoms with van der Waals surface area (Å²) in [6.45, 7) is 4.68. The van der Waals surface area contributed by atoms with E-state index in [4.69, 9.17) is 10.5 Å². The Hall–Kier alpha value is -0.860. The van der Waals surface area contributed by atoms with Gasteiger partial charge in [0.05, 0.1) is 13.2 Å². The highest BCUT2D eigenvalue weighted by Gasteiger charge is 2.39. The highest BCUT2D eigenvalue weighted by atomic mass is 16.5. The minimum atomic E-state index is 0.256. The number of benzene rings is 1. The number of hydrogen-bond acceptors (Lipinski definition) is 2. The van der Waals surface area contributed by atoms with Gasteiger partial charge < -0.3 is 10.5 Å². The van der Waals surface area contributed by atoms with Gasteiger partial charge in [-0.15, -0.1) is 0 Å². The molecule has 1 aromatic rings. The molecule has 1 aliphatic rings. The van der Waals surface area contributed by atoms with Crippen LogP contribution in [0.5, 0.6) is 0 Å². The monoisotopic (exact) mass is 219 g/mol. The first kappa shape index (κ1) is 11.6. The van der Waals surface area contributed by atoms with Crippen molar-refractivity contribution in [3.8, 4) is 0 Å². The Morgan fingerprint density at radius 2 is 1.94 bits per heavy atom. The third-order valence-electron chi connectivity index (χ3n) is 3.59. The van der Waals surface area contributed by atoms with E-state index in [0.29, 0.717) is 0 Å². The molecule has 0 spiro atoms. The molecule has 1 saturated heterocycles. The molecule has 1 heterocycles. The molecule has 0 amide bonds. The van der Waals surface area contributed by atoms with E-state index in [-0.39, 0.29) is 5.41 Å². The summed E-state index contributed by atoms with van der Waals surface area (Å²) in [5, 5.41) is 0. The minimum Gasteiger partial charge on any atom is -0.379 e. The number of ether oxygens (including phenoxy) is 1. The highest BCUT2D eigenvalue weighted by Crippen LogP contribution is 2.36. The van der Waals surface area contributed by atoms with Gasteiger partial charge in [0.25, 0.3) is 0 Å². The second-order valence-electron chi connectivity index (χ2n) is 4.72. The van der Waals surface area contributed by atoms with E-state index in [0.717, 1.165) is 39.0 Å². The maximum Gasteiger partial charge on any atom is 0.0585 e. The fourth-order valence-corrected chi connectivity index (χ4v) is 2.34. The van der Waals surface area contributed by atoms with Crippen LogP contribution in [0.25, 0.3) is 0 Å². The first-order chi connectivity index (χ1) is 7.80. The smallest absolute Gasteiger partial charge is 0.0585 e. The maximum absolute atomic E-state index is 5.60. The second kappa shape index (κ2) is 4.98. The molecule has 1 aliphatic heterocycles. The van der Waals surface area contributed by atoms with Crippen LogP contribution in [0.2, 0.25) is 0 Å². The average Bonchev–Trinajstić information content (AvgIpc) is 2.29. The van der Waals surface area contributed by atoms with Gasteiger partial charge in [0.2, 0.25) is 0 Å². The quantitative estimate of drug-likeness (QED) is 0.824. The fourth-order valence-electron chi connectivity index (χ4n) is 2.34. The number of rotatable bonds is 5. The molecule has 2 nitrogen and oxygen atoms in total. The fraction of sp³-hybridized carbons (Fsp3) is 0.571. The summed E-state index contributed by atoms with van der Waals surface area (Å²) >= 11 is 0. The van der Waals surface area contributed by atoms with Crippen molar-refractivity contribution in [1.82, 2.24) is 0 Å². The van der Waals surface area contributed by atoms with Crippen LogP contribution in [0, 0.1) is 0 Å². The van der Waals surface area contributed by atoms with Crippen LogP contribution in [-0.4, -0.2) is 19.8 Å². The summed E-state index contributed by atoms with van der Waals surface area (Å²) in [5.41, 5.74) is 8.67. The predicted octanol–water partition coefficient (Wildman–Crippen LogP) is 2.26. The molecule has 16 heavy (non-hydrogen) atoms. The molecule has 0 saturated carbocycles. The third kappa shape index (κ3) is 2.13. The molecule has 0 aromatic heterocycles. The van der Waals surface area contributed by atoms with Gasteiger partial charge in [-0.3, -0.25) is 0 Å². The lowest BCUT2D eigenvalue weighted by Crippen LogP contribution is -2.47. The maximum atomic E-state index is 5.60. The molecule has 1 fully saturated rings. The molecule has 0 unspecified atom stereocenters. The van der Waals surface area contributed by atoms with Crippen LogP contribution in [0.4, 0.5) is 0 Å². The normalized spacial score (nSPS) is 18.1. The van der Waals surface area contributed by atoms with Gasteiger partial charge in [0.1, 0.15) is 0 Å². The third-order valence-corrected chi connectivity index (χ3v) is 3.59. The zero-order chi connectivity index (χ0) is 11.4. The summed E-state index contributed by atoms with van der Waals surface area (Å²) in [5.74, 6) is 0. The van der Waals surface area contributed by atoms with Crippen molar-refractivity contribution in [2.45, 2.75) is 31.6 Å². The Balaban J connectivity index is 2.13. The van der Waals surface area contributed by atoms with E-state index in [1.54, 1.807) is 0 Å². The highest BCUT2D eigenvalue weighted by molar-refractivity contribution is 5.31. The Bertz CT molecular complexity index is 327. The molecule has 88 valence electrons. The van der Waals surface area contributed by atoms with Crippen LogP contribution < -0.4 is 5.73 Å². The van der Waals surface area contributed by atoms with Gasteiger partial charge in [0.15, 0.2) is 0 Å². The van der Waals surface area contributed by atoms with Gasteiger partial charge in [-0.1, -0.05) is 31.2 Å². The summed E-state index contributed by atoms with van der Waals surface area (Å²) < 4.78 is 5.41. The molecular formula is C14H21NO. The van der Waals surface area contributed by atoms with E-state index in [1.165, 1.54) is 11.1 Å². The van der Waals surface area contributed by atoms with E-state index in [9.17, 15) is 0 Å². The first-order valence-electron chi connectivity index (χ1n) is 6.18. The van der Waals surface area contributed by atoms with Crippen molar-refractivity contribution in [2.24, 2.45) is 5.73 Å². The Morgan fingerprint density at radius 3 is 2.38 bits per heavy atom. The molecule has 0 bridgehead atoms. The first-order valence-corrected chi connectivity index (χ1v) is 6.18. The molecular weight excluding hydrogens is 198 g/mol. The molecule has 2 N–H and O–H groups in total. The molecule has 0 radical (unpaired) electrons. The lowest BCUT2D eigenvalue weighted by molar-refractivity contribution is -0.0649. The minimum absolute atomic E-state index is 0.256. The van der Waals surface area contributed by atoms with Crippen molar-refractivity contribution < 1.29 is 4.74 Å². The van der Waals surface area contributed by atoms with Crippen LogP contribution in [0.15, 0.2) is 24.3 Å². The number of aryl methyl sites for hydroxylation is 1. The number of nitrogens with two attached hydrogens (primary N) is 1. The van der Waals surface area contributed by atoms with Crippen molar-refractivity contribution >= 4 is 0 Å². The molecule has 1 aromatic carbocycles. The lowest BCUT2D eigenvalue weighted by Gasteiger charge is -2.42. The van der Waals surface area contributed by atoms with Crippen LogP contribution in [0.1, 0.15) is 30.9 Å². The number of hydrogen-bond donors (Lipinski definition) is 1. The Morgan fingerprint density at radius 1 is 1.25 bits per heavy atom. The van der Waals surface area contributed by atoms with Gasteiger partial charge in [-0.25, -0.2) is 0 Å². The van der Waals surface area contributed by atoms with Crippen LogP contribution >= 0.6 is 0 Å². The van der Waals surface area contributed by atoms with Crippen molar-refractivity contribution in [3.63, 3.8) is 0 Å². The lowest BCUT2D eigenvalue weighted by atomic mass is 9.75. The SMILES string of the molecule is CCc1ccc(C2(CCCN)COC2)cc1. The van der Waals surface area contributed by atoms with Crippen molar-refractivity contribution in [2.75, 3.05) is 19.8 Å². The van der Waals surface area contributed by atoms with Crippen molar-refractivity contribution in [1.29, 1.82) is 0 Å². The van der Waals surface area contributed by atoms with Gasteiger partial charge in [-0.2, -0.15) is 0 Å².